The van der Waals surface area contributed by atoms with E-state index in [1.807, 2.05) is 18.3 Å². The normalized spacial score (nSPS) is 17.1. The summed E-state index contributed by atoms with van der Waals surface area (Å²) in [5, 5.41) is 0. The van der Waals surface area contributed by atoms with E-state index < -0.39 is 0 Å². The molecule has 1 heterocycles. The molecule has 0 radical (unpaired) electrons. The van der Waals surface area contributed by atoms with Crippen molar-refractivity contribution >= 4 is 5.91 Å². The maximum Gasteiger partial charge on any atom is 0.223 e. The smallest absolute Gasteiger partial charge is 0.223 e. The van der Waals surface area contributed by atoms with Crippen molar-refractivity contribution in [3.05, 3.63) is 30.1 Å². The predicted octanol–water partition coefficient (Wildman–Crippen LogP) is 3.58. The van der Waals surface area contributed by atoms with Crippen LogP contribution < -0.4 is 0 Å². The van der Waals surface area contributed by atoms with Crippen LogP contribution in [0.1, 0.15) is 57.9 Å². The summed E-state index contributed by atoms with van der Waals surface area (Å²) >= 11 is 0. The van der Waals surface area contributed by atoms with E-state index in [1.165, 1.54) is 25.7 Å². The molecule has 0 aromatic carbocycles. The van der Waals surface area contributed by atoms with E-state index in [1.54, 1.807) is 6.20 Å². The van der Waals surface area contributed by atoms with Crippen molar-refractivity contribution in [2.45, 2.75) is 70.9 Å². The molecule has 1 atom stereocenters. The van der Waals surface area contributed by atoms with Crippen LogP contribution in [0.3, 0.4) is 0 Å². The second-order valence-electron chi connectivity index (χ2n) is 5.86. The number of pyridine rings is 1. The van der Waals surface area contributed by atoms with Gasteiger partial charge in [0.15, 0.2) is 0 Å². The van der Waals surface area contributed by atoms with Crippen LogP contribution in [0.25, 0.3) is 0 Å². The quantitative estimate of drug-likeness (QED) is 0.794. The van der Waals surface area contributed by atoms with E-state index in [2.05, 4.69) is 23.7 Å². The number of amides is 1. The van der Waals surface area contributed by atoms with Gasteiger partial charge in [0.05, 0.1) is 0 Å². The second-order valence-corrected chi connectivity index (χ2v) is 5.86. The molecule has 1 aromatic heterocycles. The van der Waals surface area contributed by atoms with Crippen molar-refractivity contribution in [2.24, 2.45) is 0 Å². The Hall–Kier alpha value is -1.38. The highest BCUT2D eigenvalue weighted by molar-refractivity contribution is 5.77. The number of rotatable bonds is 6. The van der Waals surface area contributed by atoms with Gasteiger partial charge in [0, 0.05) is 30.9 Å². The molecule has 3 nitrogen and oxygen atoms in total. The molecule has 3 heteroatoms. The SMILES string of the molecule is CCC(C)N(C(=O)CCc1cccnc1)C1CCCC1. The third-order valence-electron chi connectivity index (χ3n) is 4.42. The van der Waals surface area contributed by atoms with Gasteiger partial charge < -0.3 is 4.90 Å². The summed E-state index contributed by atoms with van der Waals surface area (Å²) in [6.45, 7) is 4.35. The van der Waals surface area contributed by atoms with Crippen LogP contribution in [-0.4, -0.2) is 27.9 Å². The fourth-order valence-corrected chi connectivity index (χ4v) is 3.11. The van der Waals surface area contributed by atoms with Gasteiger partial charge in [-0.25, -0.2) is 0 Å². The van der Waals surface area contributed by atoms with Gasteiger partial charge in [0.1, 0.15) is 0 Å². The summed E-state index contributed by atoms with van der Waals surface area (Å²) in [6.07, 6.45) is 11.0. The van der Waals surface area contributed by atoms with Crippen molar-refractivity contribution in [3.63, 3.8) is 0 Å². The first kappa shape index (κ1) is 15.0. The maximum atomic E-state index is 12.6. The fourth-order valence-electron chi connectivity index (χ4n) is 3.11. The lowest BCUT2D eigenvalue weighted by Crippen LogP contribution is -2.44. The summed E-state index contributed by atoms with van der Waals surface area (Å²) in [5.74, 6) is 0.315. The van der Waals surface area contributed by atoms with E-state index in [0.29, 0.717) is 24.4 Å². The Morgan fingerprint density at radius 1 is 1.45 bits per heavy atom. The van der Waals surface area contributed by atoms with Gasteiger partial charge >= 0.3 is 0 Å². The third kappa shape index (κ3) is 3.81. The lowest BCUT2D eigenvalue weighted by atomic mass is 10.1. The first-order valence-electron chi connectivity index (χ1n) is 7.92. The monoisotopic (exact) mass is 274 g/mol. The summed E-state index contributed by atoms with van der Waals surface area (Å²) in [6, 6.07) is 4.82. The highest BCUT2D eigenvalue weighted by Gasteiger charge is 2.29. The van der Waals surface area contributed by atoms with Crippen LogP contribution >= 0.6 is 0 Å². The molecule has 0 N–H and O–H groups in total. The fraction of sp³-hybridized carbons (Fsp3) is 0.647. The van der Waals surface area contributed by atoms with Crippen molar-refractivity contribution in [1.29, 1.82) is 0 Å². The molecule has 0 bridgehead atoms. The van der Waals surface area contributed by atoms with Gasteiger partial charge in [-0.2, -0.15) is 0 Å². The van der Waals surface area contributed by atoms with Gasteiger partial charge in [-0.3, -0.25) is 9.78 Å². The van der Waals surface area contributed by atoms with Crippen LogP contribution in [0.5, 0.6) is 0 Å². The Balaban J connectivity index is 1.95. The number of carbonyl (C=O) groups is 1. The number of aryl methyl sites for hydroxylation is 1. The summed E-state index contributed by atoms with van der Waals surface area (Å²) in [5.41, 5.74) is 1.15. The standard InChI is InChI=1S/C17H26N2O/c1-3-14(2)19(16-8-4-5-9-16)17(20)11-10-15-7-6-12-18-13-15/h6-7,12-14,16H,3-5,8-11H2,1-2H3. The summed E-state index contributed by atoms with van der Waals surface area (Å²) in [7, 11) is 0. The van der Waals surface area contributed by atoms with Gasteiger partial charge in [-0.1, -0.05) is 25.8 Å². The Labute approximate surface area is 122 Å². The van der Waals surface area contributed by atoms with E-state index in [-0.39, 0.29) is 0 Å². The Morgan fingerprint density at radius 2 is 2.20 bits per heavy atom. The molecular weight excluding hydrogens is 248 g/mol. The van der Waals surface area contributed by atoms with Crippen molar-refractivity contribution < 1.29 is 4.79 Å². The van der Waals surface area contributed by atoms with E-state index in [0.717, 1.165) is 18.4 Å². The number of hydrogen-bond donors (Lipinski definition) is 0. The Bertz CT molecular complexity index is 412. The van der Waals surface area contributed by atoms with Crippen LogP contribution in [0, 0.1) is 0 Å². The first-order valence-corrected chi connectivity index (χ1v) is 7.92. The van der Waals surface area contributed by atoms with E-state index >= 15 is 0 Å². The Kier molecular flexibility index (Phi) is 5.57. The molecule has 0 saturated heterocycles. The van der Waals surface area contributed by atoms with Gasteiger partial charge in [-0.05, 0) is 44.2 Å². The molecule has 20 heavy (non-hydrogen) atoms. The molecule has 1 aromatic rings. The highest BCUT2D eigenvalue weighted by atomic mass is 16.2. The summed E-state index contributed by atoms with van der Waals surface area (Å²) < 4.78 is 0. The zero-order valence-corrected chi connectivity index (χ0v) is 12.7. The van der Waals surface area contributed by atoms with Crippen LogP contribution in [0.15, 0.2) is 24.5 Å². The minimum atomic E-state index is 0.315. The van der Waals surface area contributed by atoms with Crippen molar-refractivity contribution in [1.82, 2.24) is 9.88 Å². The molecule has 2 rings (SSSR count). The van der Waals surface area contributed by atoms with Gasteiger partial charge in [0.2, 0.25) is 5.91 Å². The molecule has 1 fully saturated rings. The predicted molar refractivity (Wildman–Crippen MR) is 81.4 cm³/mol. The van der Waals surface area contributed by atoms with Crippen LogP contribution in [0.2, 0.25) is 0 Å². The van der Waals surface area contributed by atoms with Crippen LogP contribution in [-0.2, 0) is 11.2 Å². The molecule has 1 amide bonds. The van der Waals surface area contributed by atoms with Gasteiger partial charge in [-0.15, -0.1) is 0 Å². The lowest BCUT2D eigenvalue weighted by Gasteiger charge is -2.34. The zero-order valence-electron chi connectivity index (χ0n) is 12.7. The topological polar surface area (TPSA) is 33.2 Å². The number of nitrogens with zero attached hydrogens (tertiary/aromatic N) is 2. The van der Waals surface area contributed by atoms with Crippen molar-refractivity contribution in [2.75, 3.05) is 0 Å². The average molecular weight is 274 g/mol. The van der Waals surface area contributed by atoms with E-state index in [9.17, 15) is 4.79 Å². The minimum Gasteiger partial charge on any atom is -0.337 e. The van der Waals surface area contributed by atoms with Crippen LogP contribution in [0.4, 0.5) is 0 Å². The third-order valence-corrected chi connectivity index (χ3v) is 4.42. The maximum absolute atomic E-state index is 12.6. The van der Waals surface area contributed by atoms with Crippen molar-refractivity contribution in [3.8, 4) is 0 Å². The zero-order chi connectivity index (χ0) is 14.4. The largest absolute Gasteiger partial charge is 0.337 e. The summed E-state index contributed by atoms with van der Waals surface area (Å²) in [4.78, 5) is 18.9. The molecule has 0 aliphatic heterocycles. The number of carbonyl (C=O) groups excluding carboxylic acids is 1. The molecular formula is C17H26N2O. The minimum absolute atomic E-state index is 0.315. The molecule has 110 valence electrons. The Morgan fingerprint density at radius 3 is 2.80 bits per heavy atom. The van der Waals surface area contributed by atoms with Gasteiger partial charge in [0.25, 0.3) is 0 Å². The van der Waals surface area contributed by atoms with E-state index in [4.69, 9.17) is 0 Å². The molecule has 1 aliphatic carbocycles. The highest BCUT2D eigenvalue weighted by Crippen LogP contribution is 2.26. The molecule has 0 spiro atoms. The number of hydrogen-bond acceptors (Lipinski definition) is 2. The first-order chi connectivity index (χ1) is 9.72. The number of aromatic nitrogens is 1. The lowest BCUT2D eigenvalue weighted by molar-refractivity contribution is -0.135. The molecule has 1 saturated carbocycles. The average Bonchev–Trinajstić information content (AvgIpc) is 3.00. The molecule has 1 unspecified atom stereocenters. The second kappa shape index (κ2) is 7.41. The molecule has 1 aliphatic rings.